The number of hydrogen-bond donors (Lipinski definition) is 1. The van der Waals surface area contributed by atoms with E-state index < -0.39 is 0 Å². The van der Waals surface area contributed by atoms with Gasteiger partial charge in [0, 0.05) is 27.1 Å². The van der Waals surface area contributed by atoms with Crippen molar-refractivity contribution in [2.45, 2.75) is 6.92 Å². The quantitative estimate of drug-likeness (QED) is 0.487. The van der Waals surface area contributed by atoms with Crippen LogP contribution in [0.3, 0.4) is 0 Å². The highest BCUT2D eigenvalue weighted by molar-refractivity contribution is 7.14. The third-order valence-electron chi connectivity index (χ3n) is 3.57. The zero-order valence-corrected chi connectivity index (χ0v) is 16.7. The van der Waals surface area contributed by atoms with E-state index >= 15 is 0 Å². The summed E-state index contributed by atoms with van der Waals surface area (Å²) in [6.07, 6.45) is 3.04. The van der Waals surface area contributed by atoms with Crippen LogP contribution in [0.15, 0.2) is 53.9 Å². The SMILES string of the molecule is CCOc1ccc(-c2csc(NC(=O)/C=C/c3ccc(Cl)cc3Cl)n2)cc1. The van der Waals surface area contributed by atoms with Gasteiger partial charge in [-0.2, -0.15) is 0 Å². The van der Waals surface area contributed by atoms with E-state index in [1.165, 1.54) is 17.4 Å². The first kappa shape index (κ1) is 19.4. The number of aromatic nitrogens is 1. The fourth-order valence-corrected chi connectivity index (χ4v) is 3.50. The summed E-state index contributed by atoms with van der Waals surface area (Å²) in [6.45, 7) is 2.57. The van der Waals surface area contributed by atoms with E-state index in [-0.39, 0.29) is 5.91 Å². The minimum absolute atomic E-state index is 0.284. The fourth-order valence-electron chi connectivity index (χ4n) is 2.30. The van der Waals surface area contributed by atoms with Gasteiger partial charge in [0.25, 0.3) is 0 Å². The molecule has 138 valence electrons. The summed E-state index contributed by atoms with van der Waals surface area (Å²) in [4.78, 5) is 16.6. The molecule has 0 radical (unpaired) electrons. The van der Waals surface area contributed by atoms with Crippen molar-refractivity contribution in [3.63, 3.8) is 0 Å². The first-order valence-corrected chi connectivity index (χ1v) is 9.81. The number of benzene rings is 2. The zero-order valence-electron chi connectivity index (χ0n) is 14.4. The molecule has 1 aromatic heterocycles. The lowest BCUT2D eigenvalue weighted by Crippen LogP contribution is -2.07. The van der Waals surface area contributed by atoms with Gasteiger partial charge in [-0.3, -0.25) is 10.1 Å². The van der Waals surface area contributed by atoms with Crippen LogP contribution in [0.5, 0.6) is 5.75 Å². The lowest BCUT2D eigenvalue weighted by atomic mass is 10.2. The summed E-state index contributed by atoms with van der Waals surface area (Å²) >= 11 is 13.3. The van der Waals surface area contributed by atoms with E-state index in [4.69, 9.17) is 27.9 Å². The molecule has 27 heavy (non-hydrogen) atoms. The number of amides is 1. The van der Waals surface area contributed by atoms with Crippen LogP contribution in [-0.2, 0) is 4.79 Å². The molecule has 0 aliphatic carbocycles. The van der Waals surface area contributed by atoms with E-state index in [1.807, 2.05) is 36.6 Å². The number of anilines is 1. The molecule has 0 saturated heterocycles. The Morgan fingerprint density at radius 2 is 2.00 bits per heavy atom. The number of nitrogens with zero attached hydrogens (tertiary/aromatic N) is 1. The maximum atomic E-state index is 12.1. The normalized spacial score (nSPS) is 10.9. The molecule has 0 aliphatic heterocycles. The topological polar surface area (TPSA) is 51.2 Å². The number of nitrogens with one attached hydrogen (secondary N) is 1. The second-order valence-electron chi connectivity index (χ2n) is 5.48. The molecule has 1 amide bonds. The highest BCUT2D eigenvalue weighted by Gasteiger charge is 2.07. The van der Waals surface area contributed by atoms with Gasteiger partial charge in [0.2, 0.25) is 5.91 Å². The summed E-state index contributed by atoms with van der Waals surface area (Å²) in [7, 11) is 0. The molecule has 1 N–H and O–H groups in total. The number of carbonyl (C=O) groups is 1. The molecule has 0 aliphatic rings. The second kappa shape index (κ2) is 9.04. The van der Waals surface area contributed by atoms with Crippen LogP contribution in [0.1, 0.15) is 12.5 Å². The standard InChI is InChI=1S/C20H16Cl2N2O2S/c1-2-26-16-8-4-14(5-9-16)18-12-27-20(23-18)24-19(25)10-6-13-3-7-15(21)11-17(13)22/h3-12H,2H2,1H3,(H,23,24,25)/b10-6+. The molecule has 4 nitrogen and oxygen atoms in total. The van der Waals surface area contributed by atoms with Crippen molar-refractivity contribution in [2.24, 2.45) is 0 Å². The average molecular weight is 419 g/mol. The lowest BCUT2D eigenvalue weighted by Gasteiger charge is -2.03. The van der Waals surface area contributed by atoms with Crippen molar-refractivity contribution in [3.05, 3.63) is 69.5 Å². The smallest absolute Gasteiger partial charge is 0.250 e. The Balaban J connectivity index is 1.64. The van der Waals surface area contributed by atoms with Gasteiger partial charge in [0.1, 0.15) is 5.75 Å². The predicted octanol–water partition coefficient (Wildman–Crippen LogP) is 6.17. The van der Waals surface area contributed by atoms with Crippen molar-refractivity contribution in [3.8, 4) is 17.0 Å². The molecule has 2 aromatic carbocycles. The third kappa shape index (κ3) is 5.32. The Morgan fingerprint density at radius 3 is 2.70 bits per heavy atom. The largest absolute Gasteiger partial charge is 0.494 e. The molecule has 7 heteroatoms. The Hall–Kier alpha value is -2.34. The highest BCUT2D eigenvalue weighted by Crippen LogP contribution is 2.27. The van der Waals surface area contributed by atoms with Gasteiger partial charge >= 0.3 is 0 Å². The molecule has 0 unspecified atom stereocenters. The summed E-state index contributed by atoms with van der Waals surface area (Å²) in [5.41, 5.74) is 2.46. The van der Waals surface area contributed by atoms with E-state index in [1.54, 1.807) is 24.3 Å². The number of hydrogen-bond acceptors (Lipinski definition) is 4. The molecule has 0 spiro atoms. The minimum atomic E-state index is -0.284. The molecule has 3 aromatic rings. The van der Waals surface area contributed by atoms with Crippen molar-refractivity contribution in [2.75, 3.05) is 11.9 Å². The van der Waals surface area contributed by atoms with Gasteiger partial charge in [-0.05, 0) is 55.0 Å². The van der Waals surface area contributed by atoms with Crippen molar-refractivity contribution < 1.29 is 9.53 Å². The Morgan fingerprint density at radius 1 is 1.22 bits per heavy atom. The number of rotatable bonds is 6. The van der Waals surface area contributed by atoms with E-state index in [2.05, 4.69) is 10.3 Å². The number of thiazole rings is 1. The summed E-state index contributed by atoms with van der Waals surface area (Å²) < 4.78 is 5.43. The third-order valence-corrected chi connectivity index (χ3v) is 4.89. The average Bonchev–Trinajstić information content (AvgIpc) is 3.10. The van der Waals surface area contributed by atoms with E-state index in [0.717, 1.165) is 17.0 Å². The van der Waals surface area contributed by atoms with Crippen LogP contribution in [0, 0.1) is 0 Å². The summed E-state index contributed by atoms with van der Waals surface area (Å²) in [5.74, 6) is 0.532. The summed E-state index contributed by atoms with van der Waals surface area (Å²) in [5, 5.41) is 6.20. The van der Waals surface area contributed by atoms with Crippen LogP contribution in [-0.4, -0.2) is 17.5 Å². The summed E-state index contributed by atoms with van der Waals surface area (Å²) in [6, 6.07) is 12.8. The van der Waals surface area contributed by atoms with Crippen molar-refractivity contribution in [1.82, 2.24) is 4.98 Å². The molecule has 0 bridgehead atoms. The predicted molar refractivity (Wildman–Crippen MR) is 113 cm³/mol. The van der Waals surface area contributed by atoms with Gasteiger partial charge in [-0.1, -0.05) is 29.3 Å². The lowest BCUT2D eigenvalue weighted by molar-refractivity contribution is -0.111. The Kier molecular flexibility index (Phi) is 6.50. The minimum Gasteiger partial charge on any atom is -0.494 e. The van der Waals surface area contributed by atoms with Crippen LogP contribution < -0.4 is 10.1 Å². The van der Waals surface area contributed by atoms with Crippen LogP contribution >= 0.6 is 34.5 Å². The number of ether oxygens (including phenoxy) is 1. The zero-order chi connectivity index (χ0) is 19.2. The van der Waals surface area contributed by atoms with E-state index in [0.29, 0.717) is 27.3 Å². The molecular formula is C20H16Cl2N2O2S. The van der Waals surface area contributed by atoms with Gasteiger partial charge in [-0.15, -0.1) is 11.3 Å². The second-order valence-corrected chi connectivity index (χ2v) is 7.19. The molecule has 0 atom stereocenters. The number of halogens is 2. The number of carbonyl (C=O) groups excluding carboxylic acids is 1. The van der Waals surface area contributed by atoms with Gasteiger partial charge in [0.05, 0.1) is 12.3 Å². The maximum absolute atomic E-state index is 12.1. The molecule has 0 saturated carbocycles. The molecule has 1 heterocycles. The first-order valence-electron chi connectivity index (χ1n) is 8.18. The van der Waals surface area contributed by atoms with Crippen molar-refractivity contribution >= 4 is 51.7 Å². The van der Waals surface area contributed by atoms with Gasteiger partial charge in [-0.25, -0.2) is 4.98 Å². The Bertz CT molecular complexity index is 968. The van der Waals surface area contributed by atoms with E-state index in [9.17, 15) is 4.79 Å². The fraction of sp³-hybridized carbons (Fsp3) is 0.100. The Labute approximate surface area is 171 Å². The van der Waals surface area contributed by atoms with Crippen LogP contribution in [0.25, 0.3) is 17.3 Å². The first-order chi connectivity index (χ1) is 13.0. The molecular weight excluding hydrogens is 403 g/mol. The maximum Gasteiger partial charge on any atom is 0.250 e. The van der Waals surface area contributed by atoms with Crippen LogP contribution in [0.4, 0.5) is 5.13 Å². The molecule has 3 rings (SSSR count). The monoisotopic (exact) mass is 418 g/mol. The van der Waals surface area contributed by atoms with Crippen molar-refractivity contribution in [1.29, 1.82) is 0 Å². The highest BCUT2D eigenvalue weighted by atomic mass is 35.5. The van der Waals surface area contributed by atoms with Crippen LogP contribution in [0.2, 0.25) is 10.0 Å². The molecule has 0 fully saturated rings. The van der Waals surface area contributed by atoms with Gasteiger partial charge < -0.3 is 4.74 Å². The van der Waals surface area contributed by atoms with Gasteiger partial charge in [0.15, 0.2) is 5.13 Å².